The molecule has 4 heteroatoms. The average Bonchev–Trinajstić information content (AvgIpc) is 2.52. The van der Waals surface area contributed by atoms with Crippen LogP contribution in [0.5, 0.6) is 0 Å². The number of benzene rings is 2. The Morgan fingerprint density at radius 2 is 1.75 bits per heavy atom. The van der Waals surface area contributed by atoms with Crippen molar-refractivity contribution in [2.75, 3.05) is 12.0 Å². The molecule has 4 nitrogen and oxygen atoms in total. The minimum absolute atomic E-state index is 0.411. The van der Waals surface area contributed by atoms with E-state index in [1.807, 2.05) is 61.5 Å². The van der Waals surface area contributed by atoms with Gasteiger partial charge >= 0.3 is 6.09 Å². The van der Waals surface area contributed by atoms with E-state index in [1.165, 1.54) is 0 Å². The topological polar surface area (TPSA) is 50.4 Å². The van der Waals surface area contributed by atoms with Gasteiger partial charge in [0.15, 0.2) is 0 Å². The van der Waals surface area contributed by atoms with Crippen LogP contribution in [0.15, 0.2) is 54.6 Å². The first kappa shape index (κ1) is 13.9. The van der Waals surface area contributed by atoms with Crippen molar-refractivity contribution in [3.05, 3.63) is 54.6 Å². The number of hydrazine groups is 1. The van der Waals surface area contributed by atoms with Crippen LogP contribution in [0.25, 0.3) is 11.1 Å². The molecule has 2 N–H and O–H groups in total. The normalized spacial score (nSPS) is 9.85. The van der Waals surface area contributed by atoms with Crippen LogP contribution in [-0.4, -0.2) is 12.7 Å². The van der Waals surface area contributed by atoms with Crippen molar-refractivity contribution >= 4 is 11.8 Å². The van der Waals surface area contributed by atoms with Crippen LogP contribution in [0, 0.1) is 0 Å². The summed E-state index contributed by atoms with van der Waals surface area (Å²) < 4.78 is 4.95. The molecule has 0 bridgehead atoms. The molecule has 20 heavy (non-hydrogen) atoms. The van der Waals surface area contributed by atoms with Crippen molar-refractivity contribution in [1.82, 2.24) is 5.43 Å². The lowest BCUT2D eigenvalue weighted by molar-refractivity contribution is 0.148. The number of hydrogen-bond acceptors (Lipinski definition) is 3. The van der Waals surface area contributed by atoms with Gasteiger partial charge in [0, 0.05) is 5.56 Å². The fourth-order valence-corrected chi connectivity index (χ4v) is 1.81. The van der Waals surface area contributed by atoms with Gasteiger partial charge in [-0.2, -0.15) is 0 Å². The lowest BCUT2D eigenvalue weighted by Crippen LogP contribution is -2.30. The van der Waals surface area contributed by atoms with Crippen LogP contribution in [0.3, 0.4) is 0 Å². The summed E-state index contributed by atoms with van der Waals surface area (Å²) in [7, 11) is 0. The van der Waals surface area contributed by atoms with E-state index in [0.717, 1.165) is 23.2 Å². The van der Waals surface area contributed by atoms with Gasteiger partial charge in [-0.25, -0.2) is 10.2 Å². The van der Waals surface area contributed by atoms with Gasteiger partial charge in [-0.1, -0.05) is 55.5 Å². The Morgan fingerprint density at radius 1 is 1.05 bits per heavy atom. The Hall–Kier alpha value is -2.49. The van der Waals surface area contributed by atoms with E-state index in [1.54, 1.807) is 0 Å². The van der Waals surface area contributed by atoms with Crippen molar-refractivity contribution in [2.24, 2.45) is 0 Å². The molecule has 0 aliphatic heterocycles. The van der Waals surface area contributed by atoms with Crippen molar-refractivity contribution < 1.29 is 9.53 Å². The second kappa shape index (κ2) is 7.19. The first-order chi connectivity index (χ1) is 9.81. The van der Waals surface area contributed by atoms with Gasteiger partial charge in [-0.15, -0.1) is 0 Å². The summed E-state index contributed by atoms with van der Waals surface area (Å²) >= 11 is 0. The zero-order chi connectivity index (χ0) is 14.2. The number of amides is 1. The molecule has 1 amide bonds. The Morgan fingerprint density at radius 3 is 2.50 bits per heavy atom. The quantitative estimate of drug-likeness (QED) is 0.812. The number of ether oxygens (including phenoxy) is 1. The summed E-state index contributed by atoms with van der Waals surface area (Å²) in [5.74, 6) is 0. The standard InChI is InChI=1S/C16H18N2O2/c1-2-12-20-16(19)18-17-15-11-7-6-10-14(15)13-8-4-3-5-9-13/h3-11,17H,2,12H2,1H3,(H,18,19). The fourth-order valence-electron chi connectivity index (χ4n) is 1.81. The van der Waals surface area contributed by atoms with Crippen LogP contribution in [0.1, 0.15) is 13.3 Å². The Bertz CT molecular complexity index is 555. The summed E-state index contributed by atoms with van der Waals surface area (Å²) in [4.78, 5) is 11.4. The minimum atomic E-state index is -0.477. The number of para-hydroxylation sites is 1. The predicted octanol–water partition coefficient (Wildman–Crippen LogP) is 3.82. The number of anilines is 1. The molecule has 2 aromatic rings. The van der Waals surface area contributed by atoms with Gasteiger partial charge in [0.1, 0.15) is 0 Å². The number of rotatable bonds is 5. The molecule has 0 heterocycles. The molecule has 0 radical (unpaired) electrons. The molecule has 104 valence electrons. The van der Waals surface area contributed by atoms with Crippen molar-refractivity contribution in [3.8, 4) is 11.1 Å². The third-order valence-corrected chi connectivity index (χ3v) is 2.75. The summed E-state index contributed by atoms with van der Waals surface area (Å²) in [5, 5.41) is 0. The summed E-state index contributed by atoms with van der Waals surface area (Å²) in [6.07, 6.45) is 0.323. The van der Waals surface area contributed by atoms with Crippen LogP contribution >= 0.6 is 0 Å². The molecule has 2 aromatic carbocycles. The number of hydrogen-bond donors (Lipinski definition) is 2. The highest BCUT2D eigenvalue weighted by Gasteiger charge is 2.05. The van der Waals surface area contributed by atoms with Gasteiger partial charge in [-0.3, -0.25) is 5.43 Å². The number of carbonyl (C=O) groups excluding carboxylic acids is 1. The highest BCUT2D eigenvalue weighted by molar-refractivity contribution is 5.79. The van der Waals surface area contributed by atoms with Crippen LogP contribution in [0.2, 0.25) is 0 Å². The minimum Gasteiger partial charge on any atom is -0.448 e. The Labute approximate surface area is 118 Å². The van der Waals surface area contributed by atoms with Gasteiger partial charge in [0.2, 0.25) is 0 Å². The molecule has 0 aromatic heterocycles. The predicted molar refractivity (Wildman–Crippen MR) is 80.3 cm³/mol. The van der Waals surface area contributed by atoms with E-state index in [0.29, 0.717) is 6.61 Å². The van der Waals surface area contributed by atoms with Gasteiger partial charge in [0.25, 0.3) is 0 Å². The molecule has 0 aliphatic rings. The van der Waals surface area contributed by atoms with Gasteiger partial charge < -0.3 is 4.74 Å². The average molecular weight is 270 g/mol. The highest BCUT2D eigenvalue weighted by Crippen LogP contribution is 2.26. The molecular weight excluding hydrogens is 252 g/mol. The summed E-state index contributed by atoms with van der Waals surface area (Å²) in [6.45, 7) is 2.36. The molecular formula is C16H18N2O2. The molecule has 0 spiro atoms. The van der Waals surface area contributed by atoms with E-state index < -0.39 is 6.09 Å². The molecule has 0 saturated heterocycles. The third-order valence-electron chi connectivity index (χ3n) is 2.75. The molecule has 0 saturated carbocycles. The largest absolute Gasteiger partial charge is 0.448 e. The lowest BCUT2D eigenvalue weighted by atomic mass is 10.0. The van der Waals surface area contributed by atoms with E-state index in [-0.39, 0.29) is 0 Å². The molecule has 0 aliphatic carbocycles. The van der Waals surface area contributed by atoms with E-state index in [4.69, 9.17) is 4.74 Å². The smallest absolute Gasteiger partial charge is 0.425 e. The summed E-state index contributed by atoms with van der Waals surface area (Å²) in [6, 6.07) is 17.8. The van der Waals surface area contributed by atoms with Crippen LogP contribution in [0.4, 0.5) is 10.5 Å². The SMILES string of the molecule is CCCOC(=O)NNc1ccccc1-c1ccccc1. The van der Waals surface area contributed by atoms with E-state index >= 15 is 0 Å². The van der Waals surface area contributed by atoms with Crippen molar-refractivity contribution in [3.63, 3.8) is 0 Å². The zero-order valence-corrected chi connectivity index (χ0v) is 11.4. The summed E-state index contributed by atoms with van der Waals surface area (Å²) in [5.41, 5.74) is 8.35. The van der Waals surface area contributed by atoms with E-state index in [2.05, 4.69) is 10.9 Å². The Kier molecular flexibility index (Phi) is 5.00. The maximum atomic E-state index is 11.4. The number of nitrogens with one attached hydrogen (secondary N) is 2. The fraction of sp³-hybridized carbons (Fsp3) is 0.188. The van der Waals surface area contributed by atoms with E-state index in [9.17, 15) is 4.79 Å². The van der Waals surface area contributed by atoms with Crippen LogP contribution < -0.4 is 10.9 Å². The second-order valence-corrected chi connectivity index (χ2v) is 4.30. The van der Waals surface area contributed by atoms with Crippen LogP contribution in [-0.2, 0) is 4.74 Å². The maximum absolute atomic E-state index is 11.4. The van der Waals surface area contributed by atoms with Gasteiger partial charge in [-0.05, 0) is 18.1 Å². The molecule has 0 atom stereocenters. The van der Waals surface area contributed by atoms with Crippen molar-refractivity contribution in [1.29, 1.82) is 0 Å². The lowest BCUT2D eigenvalue weighted by Gasteiger charge is -2.13. The maximum Gasteiger partial charge on any atom is 0.425 e. The monoisotopic (exact) mass is 270 g/mol. The first-order valence-electron chi connectivity index (χ1n) is 6.64. The van der Waals surface area contributed by atoms with Gasteiger partial charge in [0.05, 0.1) is 12.3 Å². The Balaban J connectivity index is 2.07. The molecule has 2 rings (SSSR count). The van der Waals surface area contributed by atoms with Crippen molar-refractivity contribution in [2.45, 2.75) is 13.3 Å². The highest BCUT2D eigenvalue weighted by atomic mass is 16.6. The molecule has 0 unspecified atom stereocenters. The molecule has 0 fully saturated rings. The number of carbonyl (C=O) groups is 1. The zero-order valence-electron chi connectivity index (χ0n) is 11.4. The second-order valence-electron chi connectivity index (χ2n) is 4.30. The third kappa shape index (κ3) is 3.75. The first-order valence-corrected chi connectivity index (χ1v) is 6.64.